The lowest BCUT2D eigenvalue weighted by Gasteiger charge is -2.12. The van der Waals surface area contributed by atoms with E-state index in [1.165, 1.54) is 10.9 Å². The molecule has 1 heterocycles. The highest BCUT2D eigenvalue weighted by molar-refractivity contribution is 5.82. The number of para-hydroxylation sites is 1. The summed E-state index contributed by atoms with van der Waals surface area (Å²) < 4.78 is 5.19. The fourth-order valence-electron chi connectivity index (χ4n) is 1.89. The number of rotatable bonds is 3. The van der Waals surface area contributed by atoms with Crippen LogP contribution in [-0.2, 0) is 4.74 Å². The van der Waals surface area contributed by atoms with Gasteiger partial charge in [0.1, 0.15) is 0 Å². The molecule has 1 atom stereocenters. The molecule has 78 valence electrons. The van der Waals surface area contributed by atoms with E-state index in [1.54, 1.807) is 7.11 Å². The van der Waals surface area contributed by atoms with Crippen molar-refractivity contribution in [3.8, 4) is 0 Å². The van der Waals surface area contributed by atoms with Gasteiger partial charge in [-0.05, 0) is 17.7 Å². The number of fused-ring (bicyclic) bond motifs is 1. The van der Waals surface area contributed by atoms with E-state index in [9.17, 15) is 0 Å². The third-order valence-corrected chi connectivity index (χ3v) is 2.63. The fraction of sp³-hybridized carbons (Fsp3) is 0.308. The number of nitrogens with zero attached hydrogens (tertiary/aromatic N) is 1. The molecule has 0 saturated heterocycles. The maximum absolute atomic E-state index is 5.19. The van der Waals surface area contributed by atoms with Gasteiger partial charge in [-0.1, -0.05) is 25.1 Å². The number of methoxy groups -OCH3 is 1. The SMILES string of the molecule is COC[C@H](C)c1ccnc2ccccc12. The summed E-state index contributed by atoms with van der Waals surface area (Å²) >= 11 is 0. The van der Waals surface area contributed by atoms with E-state index in [0.717, 1.165) is 12.1 Å². The first-order valence-corrected chi connectivity index (χ1v) is 5.15. The second-order valence-electron chi connectivity index (χ2n) is 3.77. The number of hydrogen-bond acceptors (Lipinski definition) is 2. The van der Waals surface area contributed by atoms with Gasteiger partial charge in [0.05, 0.1) is 12.1 Å². The number of benzene rings is 1. The lowest BCUT2D eigenvalue weighted by Crippen LogP contribution is -2.02. The smallest absolute Gasteiger partial charge is 0.0704 e. The van der Waals surface area contributed by atoms with Crippen LogP contribution in [0.1, 0.15) is 18.4 Å². The van der Waals surface area contributed by atoms with Gasteiger partial charge >= 0.3 is 0 Å². The Morgan fingerprint density at radius 1 is 1.27 bits per heavy atom. The summed E-state index contributed by atoms with van der Waals surface area (Å²) in [4.78, 5) is 4.34. The largest absolute Gasteiger partial charge is 0.384 e. The van der Waals surface area contributed by atoms with Crippen LogP contribution in [0.2, 0.25) is 0 Å². The lowest BCUT2D eigenvalue weighted by atomic mass is 9.98. The fourth-order valence-corrected chi connectivity index (χ4v) is 1.89. The van der Waals surface area contributed by atoms with Gasteiger partial charge in [0.2, 0.25) is 0 Å². The standard InChI is InChI=1S/C13H15NO/c1-10(9-15-2)11-7-8-14-13-6-4-3-5-12(11)13/h3-8,10H,9H2,1-2H3/t10-/m0/s1. The lowest BCUT2D eigenvalue weighted by molar-refractivity contribution is 0.184. The molecule has 0 aliphatic rings. The average Bonchev–Trinajstić information content (AvgIpc) is 2.28. The van der Waals surface area contributed by atoms with Crippen molar-refractivity contribution in [3.63, 3.8) is 0 Å². The quantitative estimate of drug-likeness (QED) is 0.761. The minimum Gasteiger partial charge on any atom is -0.384 e. The Bertz CT molecular complexity index is 448. The first kappa shape index (κ1) is 10.1. The van der Waals surface area contributed by atoms with Crippen LogP contribution >= 0.6 is 0 Å². The summed E-state index contributed by atoms with van der Waals surface area (Å²) in [5.74, 6) is 0.405. The van der Waals surface area contributed by atoms with Crippen LogP contribution in [0.25, 0.3) is 10.9 Å². The zero-order chi connectivity index (χ0) is 10.7. The molecule has 0 N–H and O–H groups in total. The summed E-state index contributed by atoms with van der Waals surface area (Å²) in [5, 5.41) is 1.23. The van der Waals surface area contributed by atoms with Gasteiger partial charge in [-0.2, -0.15) is 0 Å². The normalized spacial score (nSPS) is 12.9. The van der Waals surface area contributed by atoms with E-state index in [1.807, 2.05) is 24.4 Å². The summed E-state index contributed by atoms with van der Waals surface area (Å²) in [6.45, 7) is 2.92. The Balaban J connectivity index is 2.50. The van der Waals surface area contributed by atoms with E-state index in [0.29, 0.717) is 5.92 Å². The number of pyridine rings is 1. The minimum atomic E-state index is 0.405. The summed E-state index contributed by atoms with van der Waals surface area (Å²) in [7, 11) is 1.74. The third kappa shape index (κ3) is 2.00. The van der Waals surface area contributed by atoms with Crippen LogP contribution in [0.3, 0.4) is 0 Å². The second kappa shape index (κ2) is 4.41. The molecule has 2 heteroatoms. The summed E-state index contributed by atoms with van der Waals surface area (Å²) in [5.41, 5.74) is 2.36. The molecule has 0 aliphatic carbocycles. The van der Waals surface area contributed by atoms with Crippen molar-refractivity contribution in [2.75, 3.05) is 13.7 Å². The van der Waals surface area contributed by atoms with Crippen LogP contribution in [0, 0.1) is 0 Å². The first-order chi connectivity index (χ1) is 7.33. The van der Waals surface area contributed by atoms with Gasteiger partial charge in [0, 0.05) is 24.6 Å². The van der Waals surface area contributed by atoms with Crippen LogP contribution in [0.15, 0.2) is 36.5 Å². The topological polar surface area (TPSA) is 22.1 Å². The molecular weight excluding hydrogens is 186 g/mol. The Labute approximate surface area is 89.9 Å². The second-order valence-corrected chi connectivity index (χ2v) is 3.77. The van der Waals surface area contributed by atoms with Crippen LogP contribution in [0.5, 0.6) is 0 Å². The van der Waals surface area contributed by atoms with Gasteiger partial charge in [0.25, 0.3) is 0 Å². The average molecular weight is 201 g/mol. The highest BCUT2D eigenvalue weighted by Gasteiger charge is 2.08. The van der Waals surface area contributed by atoms with Crippen molar-refractivity contribution in [2.45, 2.75) is 12.8 Å². The first-order valence-electron chi connectivity index (χ1n) is 5.15. The number of aromatic nitrogens is 1. The van der Waals surface area contributed by atoms with Crippen molar-refractivity contribution < 1.29 is 4.74 Å². The molecule has 0 fully saturated rings. The zero-order valence-electron chi connectivity index (χ0n) is 9.10. The predicted molar refractivity (Wildman–Crippen MR) is 62.0 cm³/mol. The molecule has 2 aromatic rings. The maximum atomic E-state index is 5.19. The van der Waals surface area contributed by atoms with Gasteiger partial charge in [-0.3, -0.25) is 4.98 Å². The Hall–Kier alpha value is -1.41. The predicted octanol–water partition coefficient (Wildman–Crippen LogP) is 2.98. The van der Waals surface area contributed by atoms with Gasteiger partial charge in [0.15, 0.2) is 0 Å². The Morgan fingerprint density at radius 2 is 2.07 bits per heavy atom. The van der Waals surface area contributed by atoms with E-state index in [2.05, 4.69) is 24.0 Å². The minimum absolute atomic E-state index is 0.405. The molecule has 0 bridgehead atoms. The molecule has 0 amide bonds. The monoisotopic (exact) mass is 201 g/mol. The van der Waals surface area contributed by atoms with E-state index in [-0.39, 0.29) is 0 Å². The van der Waals surface area contributed by atoms with Gasteiger partial charge in [-0.25, -0.2) is 0 Å². The van der Waals surface area contributed by atoms with E-state index < -0.39 is 0 Å². The van der Waals surface area contributed by atoms with Crippen molar-refractivity contribution in [3.05, 3.63) is 42.1 Å². The molecule has 0 unspecified atom stereocenters. The van der Waals surface area contributed by atoms with Crippen molar-refractivity contribution in [2.24, 2.45) is 0 Å². The molecule has 0 saturated carbocycles. The van der Waals surface area contributed by atoms with Gasteiger partial charge in [-0.15, -0.1) is 0 Å². The molecular formula is C13H15NO. The molecule has 0 radical (unpaired) electrons. The van der Waals surface area contributed by atoms with Crippen LogP contribution in [0.4, 0.5) is 0 Å². The highest BCUT2D eigenvalue weighted by Crippen LogP contribution is 2.23. The highest BCUT2D eigenvalue weighted by atomic mass is 16.5. The van der Waals surface area contributed by atoms with Crippen LogP contribution < -0.4 is 0 Å². The van der Waals surface area contributed by atoms with Crippen molar-refractivity contribution in [1.29, 1.82) is 0 Å². The Morgan fingerprint density at radius 3 is 2.87 bits per heavy atom. The van der Waals surface area contributed by atoms with Crippen LogP contribution in [-0.4, -0.2) is 18.7 Å². The molecule has 0 spiro atoms. The molecule has 1 aromatic heterocycles. The summed E-state index contributed by atoms with van der Waals surface area (Å²) in [6.07, 6.45) is 1.86. The van der Waals surface area contributed by atoms with Crippen molar-refractivity contribution >= 4 is 10.9 Å². The van der Waals surface area contributed by atoms with E-state index in [4.69, 9.17) is 4.74 Å². The molecule has 0 aliphatic heterocycles. The van der Waals surface area contributed by atoms with Gasteiger partial charge < -0.3 is 4.74 Å². The number of hydrogen-bond donors (Lipinski definition) is 0. The molecule has 1 aromatic carbocycles. The van der Waals surface area contributed by atoms with Crippen molar-refractivity contribution in [1.82, 2.24) is 4.98 Å². The number of ether oxygens (including phenoxy) is 1. The Kier molecular flexibility index (Phi) is 2.97. The summed E-state index contributed by atoms with van der Waals surface area (Å²) in [6, 6.07) is 10.3. The molecule has 2 nitrogen and oxygen atoms in total. The maximum Gasteiger partial charge on any atom is 0.0704 e. The molecule has 15 heavy (non-hydrogen) atoms. The third-order valence-electron chi connectivity index (χ3n) is 2.63. The van der Waals surface area contributed by atoms with E-state index >= 15 is 0 Å². The zero-order valence-corrected chi connectivity index (χ0v) is 9.10. The molecule has 2 rings (SSSR count).